The van der Waals surface area contributed by atoms with Crippen molar-refractivity contribution in [1.82, 2.24) is 25.0 Å². The van der Waals surface area contributed by atoms with E-state index in [2.05, 4.69) is 35.6 Å². The molecule has 2 atom stereocenters. The SMILES string of the molecule is Cc1ccc(S(=O)(=O)NC2CCN(c3nc(NCc4ccccc4)nc(NC4CCCCNC4=O)n3)C2)cc1F. The van der Waals surface area contributed by atoms with E-state index in [4.69, 9.17) is 0 Å². The van der Waals surface area contributed by atoms with Crippen molar-refractivity contribution in [3.05, 3.63) is 65.5 Å². The van der Waals surface area contributed by atoms with Crippen LogP contribution in [0.1, 0.15) is 36.8 Å². The number of carbonyl (C=O) groups excluding carboxylic acids is 1. The summed E-state index contributed by atoms with van der Waals surface area (Å²) < 4.78 is 42.5. The van der Waals surface area contributed by atoms with Gasteiger partial charge in [0.25, 0.3) is 0 Å². The molecule has 4 N–H and O–H groups in total. The van der Waals surface area contributed by atoms with Gasteiger partial charge in [-0.05, 0) is 55.9 Å². The predicted octanol–water partition coefficient (Wildman–Crippen LogP) is 2.57. The van der Waals surface area contributed by atoms with Gasteiger partial charge >= 0.3 is 0 Å². The largest absolute Gasteiger partial charge is 0.354 e. The Labute approximate surface area is 233 Å². The van der Waals surface area contributed by atoms with Crippen LogP contribution in [-0.4, -0.2) is 61.0 Å². The molecular formula is C27H33FN8O3S. The van der Waals surface area contributed by atoms with E-state index in [1.807, 2.05) is 35.2 Å². The molecule has 2 fully saturated rings. The molecule has 212 valence electrons. The highest BCUT2D eigenvalue weighted by atomic mass is 32.2. The highest BCUT2D eigenvalue weighted by Gasteiger charge is 2.30. The third-order valence-electron chi connectivity index (χ3n) is 7.00. The lowest BCUT2D eigenvalue weighted by molar-refractivity contribution is -0.121. The van der Waals surface area contributed by atoms with Gasteiger partial charge in [0, 0.05) is 32.2 Å². The van der Waals surface area contributed by atoms with Crippen LogP contribution < -0.4 is 25.6 Å². The Kier molecular flexibility index (Phi) is 8.40. The molecule has 0 spiro atoms. The molecule has 5 rings (SSSR count). The second-order valence-corrected chi connectivity index (χ2v) is 11.8. The fraction of sp³-hybridized carbons (Fsp3) is 0.407. The van der Waals surface area contributed by atoms with Crippen LogP contribution in [0.25, 0.3) is 0 Å². The first kappa shape index (κ1) is 27.7. The molecule has 2 aliphatic heterocycles. The summed E-state index contributed by atoms with van der Waals surface area (Å²) in [6, 6.07) is 12.8. The molecule has 0 bridgehead atoms. The van der Waals surface area contributed by atoms with Crippen LogP contribution in [-0.2, 0) is 21.4 Å². The van der Waals surface area contributed by atoms with Gasteiger partial charge in [0.2, 0.25) is 33.8 Å². The third-order valence-corrected chi connectivity index (χ3v) is 8.52. The van der Waals surface area contributed by atoms with Crippen molar-refractivity contribution < 1.29 is 17.6 Å². The first-order valence-electron chi connectivity index (χ1n) is 13.4. The van der Waals surface area contributed by atoms with Gasteiger partial charge in [0.05, 0.1) is 4.90 Å². The number of aromatic nitrogens is 3. The van der Waals surface area contributed by atoms with Crippen LogP contribution in [0.15, 0.2) is 53.4 Å². The van der Waals surface area contributed by atoms with Crippen molar-refractivity contribution in [2.75, 3.05) is 35.2 Å². The molecule has 1 amide bonds. The molecule has 11 nitrogen and oxygen atoms in total. The Balaban J connectivity index is 1.33. The van der Waals surface area contributed by atoms with Crippen molar-refractivity contribution in [3.63, 3.8) is 0 Å². The zero-order chi connectivity index (χ0) is 28.1. The van der Waals surface area contributed by atoms with Crippen LogP contribution in [0.2, 0.25) is 0 Å². The zero-order valence-electron chi connectivity index (χ0n) is 22.2. The first-order valence-corrected chi connectivity index (χ1v) is 14.9. The van der Waals surface area contributed by atoms with E-state index < -0.39 is 27.9 Å². The molecule has 0 aliphatic carbocycles. The Hall–Kier alpha value is -3.84. The second-order valence-electron chi connectivity index (χ2n) is 10.1. The highest BCUT2D eigenvalue weighted by molar-refractivity contribution is 7.89. The lowest BCUT2D eigenvalue weighted by Gasteiger charge is -2.20. The molecule has 3 heterocycles. The van der Waals surface area contributed by atoms with E-state index in [1.165, 1.54) is 12.1 Å². The number of carbonyl (C=O) groups is 1. The maximum Gasteiger partial charge on any atom is 0.242 e. The minimum absolute atomic E-state index is 0.0959. The number of halogens is 1. The van der Waals surface area contributed by atoms with Gasteiger partial charge in [0.15, 0.2) is 0 Å². The van der Waals surface area contributed by atoms with Crippen LogP contribution in [0, 0.1) is 12.7 Å². The summed E-state index contributed by atoms with van der Waals surface area (Å²) in [6.45, 7) is 3.53. The van der Waals surface area contributed by atoms with Crippen molar-refractivity contribution in [2.45, 2.75) is 56.1 Å². The number of amides is 1. The molecule has 2 aromatic carbocycles. The summed E-state index contributed by atoms with van der Waals surface area (Å²) >= 11 is 0. The van der Waals surface area contributed by atoms with Gasteiger partial charge in [-0.15, -0.1) is 0 Å². The number of rotatable bonds is 9. The van der Waals surface area contributed by atoms with Gasteiger partial charge in [-0.25, -0.2) is 17.5 Å². The first-order chi connectivity index (χ1) is 19.3. The normalized spacial score (nSPS) is 19.6. The molecule has 2 unspecified atom stereocenters. The predicted molar refractivity (Wildman–Crippen MR) is 150 cm³/mol. The molecule has 40 heavy (non-hydrogen) atoms. The molecule has 2 saturated heterocycles. The van der Waals surface area contributed by atoms with E-state index in [0.717, 1.165) is 24.5 Å². The summed E-state index contributed by atoms with van der Waals surface area (Å²) in [6.07, 6.45) is 2.98. The molecule has 0 radical (unpaired) electrons. The number of aryl methyl sites for hydroxylation is 1. The van der Waals surface area contributed by atoms with E-state index in [-0.39, 0.29) is 16.8 Å². The van der Waals surface area contributed by atoms with Gasteiger partial charge in [-0.1, -0.05) is 36.4 Å². The van der Waals surface area contributed by atoms with Gasteiger partial charge < -0.3 is 20.9 Å². The van der Waals surface area contributed by atoms with Crippen LogP contribution in [0.4, 0.5) is 22.2 Å². The van der Waals surface area contributed by atoms with E-state index >= 15 is 0 Å². The Morgan fingerprint density at radius 1 is 1.05 bits per heavy atom. The number of anilines is 3. The monoisotopic (exact) mass is 568 g/mol. The number of sulfonamides is 1. The van der Waals surface area contributed by atoms with Gasteiger partial charge in [0.1, 0.15) is 11.9 Å². The highest BCUT2D eigenvalue weighted by Crippen LogP contribution is 2.22. The fourth-order valence-electron chi connectivity index (χ4n) is 4.73. The number of benzene rings is 2. The minimum Gasteiger partial charge on any atom is -0.354 e. The number of nitrogens with zero attached hydrogens (tertiary/aromatic N) is 4. The molecule has 2 aliphatic rings. The average Bonchev–Trinajstić information content (AvgIpc) is 3.31. The third kappa shape index (κ3) is 6.83. The summed E-state index contributed by atoms with van der Waals surface area (Å²) in [5, 5.41) is 9.30. The standard InChI is InChI=1S/C27H33FN8O3S/c1-18-10-11-21(15-22(18)28)40(38,39)35-20-12-14-36(17-20)27-33-25(30-16-19-7-3-2-4-8-19)32-26(34-27)31-23-9-5-6-13-29-24(23)37/h2-4,7-8,10-11,15,20,23,35H,5-6,9,12-14,16-17H2,1H3,(H,29,37)(H2,30,31,32,33,34). The summed E-state index contributed by atoms with van der Waals surface area (Å²) in [4.78, 5) is 28.0. The number of hydrogen-bond donors (Lipinski definition) is 4. The van der Waals surface area contributed by atoms with Crippen LogP contribution >= 0.6 is 0 Å². The van der Waals surface area contributed by atoms with Crippen molar-refractivity contribution in [3.8, 4) is 0 Å². The van der Waals surface area contributed by atoms with Crippen molar-refractivity contribution in [1.29, 1.82) is 0 Å². The lowest BCUT2D eigenvalue weighted by atomic mass is 10.1. The quantitative estimate of drug-likeness (QED) is 0.306. The molecule has 0 saturated carbocycles. The zero-order valence-corrected chi connectivity index (χ0v) is 23.0. The minimum atomic E-state index is -3.91. The number of nitrogens with one attached hydrogen (secondary N) is 4. The maximum absolute atomic E-state index is 14.0. The second kappa shape index (κ2) is 12.1. The van der Waals surface area contributed by atoms with Crippen LogP contribution in [0.5, 0.6) is 0 Å². The van der Waals surface area contributed by atoms with E-state index in [1.54, 1.807) is 6.92 Å². The van der Waals surface area contributed by atoms with Crippen LogP contribution in [0.3, 0.4) is 0 Å². The molecule has 1 aromatic heterocycles. The average molecular weight is 569 g/mol. The van der Waals surface area contributed by atoms with Crippen molar-refractivity contribution in [2.24, 2.45) is 0 Å². The Morgan fingerprint density at radius 3 is 2.65 bits per heavy atom. The summed E-state index contributed by atoms with van der Waals surface area (Å²) in [5.74, 6) is 0.303. The van der Waals surface area contributed by atoms with Gasteiger partial charge in [-0.2, -0.15) is 15.0 Å². The Bertz CT molecular complexity index is 1460. The summed E-state index contributed by atoms with van der Waals surface area (Å²) in [7, 11) is -3.91. The molecule has 3 aromatic rings. The summed E-state index contributed by atoms with van der Waals surface area (Å²) in [5.41, 5.74) is 1.42. The van der Waals surface area contributed by atoms with Crippen molar-refractivity contribution >= 4 is 33.8 Å². The Morgan fingerprint density at radius 2 is 1.85 bits per heavy atom. The number of hydrogen-bond acceptors (Lipinski definition) is 9. The molecular weight excluding hydrogens is 535 g/mol. The smallest absolute Gasteiger partial charge is 0.242 e. The lowest BCUT2D eigenvalue weighted by Crippen LogP contribution is -2.39. The van der Waals surface area contributed by atoms with E-state index in [0.29, 0.717) is 56.5 Å². The van der Waals surface area contributed by atoms with Gasteiger partial charge in [-0.3, -0.25) is 4.79 Å². The molecule has 13 heteroatoms. The topological polar surface area (TPSA) is 141 Å². The maximum atomic E-state index is 14.0. The van der Waals surface area contributed by atoms with E-state index in [9.17, 15) is 17.6 Å². The fourth-order valence-corrected chi connectivity index (χ4v) is 6.00.